The van der Waals surface area contributed by atoms with Crippen molar-refractivity contribution in [2.24, 2.45) is 11.8 Å². The highest BCUT2D eigenvalue weighted by Crippen LogP contribution is 2.29. The van der Waals surface area contributed by atoms with Crippen LogP contribution in [0.2, 0.25) is 0 Å². The fourth-order valence-corrected chi connectivity index (χ4v) is 5.89. The van der Waals surface area contributed by atoms with Gasteiger partial charge in [-0.2, -0.15) is 0 Å². The predicted molar refractivity (Wildman–Crippen MR) is 158 cm³/mol. The zero-order valence-electron chi connectivity index (χ0n) is 25.8. The lowest BCUT2D eigenvalue weighted by molar-refractivity contribution is -0.318. The molecule has 3 rings (SSSR count). The minimum Gasteiger partial charge on any atom is -0.550 e. The van der Waals surface area contributed by atoms with Crippen LogP contribution in [0, 0.1) is 30.4 Å². The fourth-order valence-electron chi connectivity index (χ4n) is 5.89. The van der Waals surface area contributed by atoms with Crippen LogP contribution < -0.4 is 20.8 Å². The number of carbonyl (C=O) groups is 4. The van der Waals surface area contributed by atoms with Crippen LogP contribution in [-0.2, 0) is 16.0 Å². The van der Waals surface area contributed by atoms with Crippen molar-refractivity contribution in [1.82, 2.24) is 15.5 Å². The summed E-state index contributed by atoms with van der Waals surface area (Å²) >= 11 is 0. The molecular weight excluding hydrogens is 588 g/mol. The monoisotopic (exact) mass is 629 g/mol. The first-order valence-electron chi connectivity index (χ1n) is 15.3. The second kappa shape index (κ2) is 16.4. The number of aliphatic carboxylic acids is 2. The summed E-state index contributed by atoms with van der Waals surface area (Å²) in [6, 6.07) is 5.91. The van der Waals surface area contributed by atoms with E-state index in [-0.39, 0.29) is 49.3 Å². The molecule has 2 aromatic rings. The van der Waals surface area contributed by atoms with Gasteiger partial charge in [-0.1, -0.05) is 13.8 Å². The SMILES string of the molecule is CCCN(CCC)C(=O)c1cc(C)cc(C(=O)N[C@@H](Cc2cc(F)cc(F)c2)[C@H](O)CNC2C[C@@H](C(=O)[O-])C[C@@H](C(=O)[O-])C2)c1. The van der Waals surface area contributed by atoms with Gasteiger partial charge in [-0.3, -0.25) is 9.59 Å². The molecule has 12 heteroatoms. The van der Waals surface area contributed by atoms with Gasteiger partial charge in [0, 0.05) is 66.6 Å². The zero-order valence-corrected chi connectivity index (χ0v) is 25.8. The first kappa shape index (κ1) is 35.6. The third-order valence-corrected chi connectivity index (χ3v) is 8.01. The molecule has 1 fully saturated rings. The molecule has 45 heavy (non-hydrogen) atoms. The molecule has 0 bridgehead atoms. The number of carboxylic acid groups (broad SMARTS) is 2. The zero-order chi connectivity index (χ0) is 33.3. The number of hydrogen-bond donors (Lipinski definition) is 3. The first-order chi connectivity index (χ1) is 21.3. The van der Waals surface area contributed by atoms with Crippen molar-refractivity contribution in [2.45, 2.75) is 77.5 Å². The Kier molecular flexibility index (Phi) is 13.0. The second-order valence-electron chi connectivity index (χ2n) is 11.9. The Hall–Kier alpha value is -3.90. The second-order valence-corrected chi connectivity index (χ2v) is 11.9. The van der Waals surface area contributed by atoms with E-state index >= 15 is 0 Å². The summed E-state index contributed by atoms with van der Waals surface area (Å²) < 4.78 is 28.0. The van der Waals surface area contributed by atoms with E-state index in [2.05, 4.69) is 10.6 Å². The van der Waals surface area contributed by atoms with E-state index in [4.69, 9.17) is 0 Å². The minimum atomic E-state index is -1.38. The molecule has 10 nitrogen and oxygen atoms in total. The molecule has 0 saturated heterocycles. The maximum Gasteiger partial charge on any atom is 0.253 e. The molecule has 0 heterocycles. The molecule has 0 aliphatic heterocycles. The van der Waals surface area contributed by atoms with Crippen LogP contribution in [0.1, 0.15) is 77.8 Å². The molecule has 1 unspecified atom stereocenters. The third kappa shape index (κ3) is 10.3. The van der Waals surface area contributed by atoms with Crippen LogP contribution in [0.3, 0.4) is 0 Å². The highest BCUT2D eigenvalue weighted by atomic mass is 19.1. The molecule has 246 valence electrons. The molecule has 0 aromatic heterocycles. The number of rotatable bonds is 15. The Morgan fingerprint density at radius 3 is 1.98 bits per heavy atom. The van der Waals surface area contributed by atoms with Crippen LogP contribution in [0.4, 0.5) is 8.78 Å². The fraction of sp³-hybridized carbons (Fsp3) is 0.515. The number of aliphatic hydroxyl groups excluding tert-OH is 1. The van der Waals surface area contributed by atoms with Gasteiger partial charge in [-0.15, -0.1) is 0 Å². The molecule has 3 N–H and O–H groups in total. The van der Waals surface area contributed by atoms with E-state index in [9.17, 15) is 43.3 Å². The van der Waals surface area contributed by atoms with Crippen LogP contribution >= 0.6 is 0 Å². The average Bonchev–Trinajstić information content (AvgIpc) is 2.98. The number of aryl methyl sites for hydroxylation is 1. The summed E-state index contributed by atoms with van der Waals surface area (Å²) in [5.41, 5.74) is 1.31. The van der Waals surface area contributed by atoms with Gasteiger partial charge in [0.1, 0.15) is 11.6 Å². The molecule has 2 amide bonds. The predicted octanol–water partition coefficient (Wildman–Crippen LogP) is 1.11. The largest absolute Gasteiger partial charge is 0.550 e. The van der Waals surface area contributed by atoms with Crippen molar-refractivity contribution < 1.29 is 43.3 Å². The summed E-state index contributed by atoms with van der Waals surface area (Å²) in [4.78, 5) is 51.5. The number of benzene rings is 2. The number of amides is 2. The third-order valence-electron chi connectivity index (χ3n) is 8.01. The van der Waals surface area contributed by atoms with Crippen LogP contribution in [0.15, 0.2) is 36.4 Å². The van der Waals surface area contributed by atoms with Crippen molar-refractivity contribution in [3.8, 4) is 0 Å². The number of nitrogens with zero attached hydrogens (tertiary/aromatic N) is 1. The molecule has 1 aliphatic rings. The van der Waals surface area contributed by atoms with Crippen molar-refractivity contribution in [2.75, 3.05) is 19.6 Å². The number of carbonyl (C=O) groups excluding carboxylic acids is 4. The highest BCUT2D eigenvalue weighted by Gasteiger charge is 2.31. The van der Waals surface area contributed by atoms with Gasteiger partial charge in [-0.05, 0) is 86.9 Å². The van der Waals surface area contributed by atoms with Crippen LogP contribution in [0.5, 0.6) is 0 Å². The Bertz CT molecular complexity index is 1320. The molecule has 0 radical (unpaired) electrons. The normalized spacial score (nSPS) is 19.4. The Morgan fingerprint density at radius 1 is 0.889 bits per heavy atom. The quantitative estimate of drug-likeness (QED) is 0.264. The summed E-state index contributed by atoms with van der Waals surface area (Å²) in [6.07, 6.45) is 0.0285. The number of halogens is 2. The van der Waals surface area contributed by atoms with E-state index in [1.807, 2.05) is 13.8 Å². The number of aliphatic hydroxyl groups is 1. The summed E-state index contributed by atoms with van der Waals surface area (Å²) in [6.45, 7) is 6.59. The van der Waals surface area contributed by atoms with Crippen molar-refractivity contribution in [3.05, 3.63) is 70.3 Å². The lowest BCUT2D eigenvalue weighted by atomic mass is 9.78. The molecule has 1 aliphatic carbocycles. The van der Waals surface area contributed by atoms with Gasteiger partial charge in [0.15, 0.2) is 0 Å². The van der Waals surface area contributed by atoms with E-state index in [1.165, 1.54) is 6.07 Å². The van der Waals surface area contributed by atoms with Gasteiger partial charge in [0.05, 0.1) is 12.1 Å². The topological polar surface area (TPSA) is 162 Å². The molecular formula is C33H41F2N3O7-2. The maximum atomic E-state index is 14.0. The van der Waals surface area contributed by atoms with Crippen LogP contribution in [0.25, 0.3) is 0 Å². The Morgan fingerprint density at radius 2 is 1.44 bits per heavy atom. The van der Waals surface area contributed by atoms with Crippen molar-refractivity contribution in [1.29, 1.82) is 0 Å². The molecule has 1 saturated carbocycles. The lowest BCUT2D eigenvalue weighted by Gasteiger charge is -2.37. The van der Waals surface area contributed by atoms with Gasteiger partial charge in [0.25, 0.3) is 11.8 Å². The Labute approximate surface area is 261 Å². The van der Waals surface area contributed by atoms with E-state index < -0.39 is 59.5 Å². The van der Waals surface area contributed by atoms with E-state index in [0.29, 0.717) is 30.3 Å². The average molecular weight is 630 g/mol. The standard InChI is InChI=1S/C33H43F2N3O7/c1-4-6-38(7-5-2)31(41)22-9-19(3)8-21(13-22)30(40)37-28(12-20-10-25(34)17-26(35)11-20)29(39)18-36-27-15-23(32(42)43)14-24(16-27)33(44)45/h8-11,13,17,23-24,27-29,36,39H,4-7,12,14-16,18H2,1-3H3,(H,37,40)(H,42,43)(H,44,45)/p-2/t23-,24+,27?,28-,29+/m0/s1. The lowest BCUT2D eigenvalue weighted by Crippen LogP contribution is -2.52. The van der Waals surface area contributed by atoms with Crippen molar-refractivity contribution in [3.63, 3.8) is 0 Å². The first-order valence-corrected chi connectivity index (χ1v) is 15.3. The highest BCUT2D eigenvalue weighted by molar-refractivity contribution is 6.00. The van der Waals surface area contributed by atoms with E-state index in [1.54, 1.807) is 24.0 Å². The van der Waals surface area contributed by atoms with Gasteiger partial charge < -0.3 is 40.4 Å². The molecule has 0 spiro atoms. The smallest absolute Gasteiger partial charge is 0.253 e. The molecule has 2 aromatic carbocycles. The molecule has 5 atom stereocenters. The van der Waals surface area contributed by atoms with E-state index in [0.717, 1.165) is 25.0 Å². The number of nitrogens with one attached hydrogen (secondary N) is 2. The summed E-state index contributed by atoms with van der Waals surface area (Å²) in [7, 11) is 0. The van der Waals surface area contributed by atoms with Crippen LogP contribution in [-0.4, -0.2) is 71.6 Å². The maximum absolute atomic E-state index is 14.0. The van der Waals surface area contributed by atoms with Gasteiger partial charge in [0.2, 0.25) is 0 Å². The minimum absolute atomic E-state index is 0.0676. The van der Waals surface area contributed by atoms with Gasteiger partial charge in [-0.25, -0.2) is 8.78 Å². The summed E-state index contributed by atoms with van der Waals surface area (Å²) in [5, 5.41) is 39.9. The van der Waals surface area contributed by atoms with Gasteiger partial charge >= 0.3 is 0 Å². The Balaban J connectivity index is 1.83. The number of carboxylic acids is 2. The van der Waals surface area contributed by atoms with Crippen molar-refractivity contribution >= 4 is 23.8 Å². The number of hydrogen-bond acceptors (Lipinski definition) is 8. The summed E-state index contributed by atoms with van der Waals surface area (Å²) in [5.74, 6) is -7.32.